The maximum atomic E-state index is 11.1. The molecule has 31 heavy (non-hydrogen) atoms. The fraction of sp³-hybridized carbons (Fsp3) is 0.652. The van der Waals surface area contributed by atoms with E-state index >= 15 is 0 Å². The van der Waals surface area contributed by atoms with Crippen molar-refractivity contribution in [3.05, 3.63) is 29.8 Å². The molecule has 1 fully saturated rings. The molecule has 1 aliphatic rings. The summed E-state index contributed by atoms with van der Waals surface area (Å²) in [6, 6.07) is 8.54. The predicted octanol–water partition coefficient (Wildman–Crippen LogP) is 3.74. The topological polar surface area (TPSA) is 75.2 Å². The molecule has 2 rings (SSSR count). The Hall–Kier alpha value is -1.55. The quantitative estimate of drug-likeness (QED) is 0.137. The smallest absolute Gasteiger partial charge is 0.305 e. The summed E-state index contributed by atoms with van der Waals surface area (Å²) in [5.41, 5.74) is 1.22. The molecule has 1 atom stereocenters. The highest BCUT2D eigenvalue weighted by Gasteiger charge is 2.25. The van der Waals surface area contributed by atoms with Gasteiger partial charge in [-0.25, -0.2) is 0 Å². The molecule has 1 saturated heterocycles. The van der Waals surface area contributed by atoms with Gasteiger partial charge in [-0.15, -0.1) is 24.0 Å². The van der Waals surface area contributed by atoms with E-state index in [2.05, 4.69) is 37.4 Å². The Bertz CT molecular complexity index is 666. The van der Waals surface area contributed by atoms with Crippen LogP contribution >= 0.6 is 24.0 Å². The molecular formula is C23H39IN4O3. The number of likely N-dealkylation sites (tertiary alicyclic amines) is 1. The Morgan fingerprint density at radius 3 is 2.48 bits per heavy atom. The summed E-state index contributed by atoms with van der Waals surface area (Å²) in [6.07, 6.45) is 7.05. The van der Waals surface area contributed by atoms with Crippen LogP contribution in [0.25, 0.3) is 0 Å². The van der Waals surface area contributed by atoms with Gasteiger partial charge in [0.2, 0.25) is 0 Å². The molecule has 8 heteroatoms. The third kappa shape index (κ3) is 9.64. The zero-order valence-corrected chi connectivity index (χ0v) is 21.5. The number of halogens is 1. The van der Waals surface area contributed by atoms with Crippen molar-refractivity contribution >= 4 is 35.9 Å². The number of hydrogen-bond donors (Lipinski definition) is 2. The second-order valence-corrected chi connectivity index (χ2v) is 7.62. The first-order valence-corrected chi connectivity index (χ1v) is 11.1. The molecule has 0 radical (unpaired) electrons. The zero-order chi connectivity index (χ0) is 21.6. The van der Waals surface area contributed by atoms with Crippen LogP contribution in [0.3, 0.4) is 0 Å². The van der Waals surface area contributed by atoms with Gasteiger partial charge < -0.3 is 20.1 Å². The predicted molar refractivity (Wildman–Crippen MR) is 136 cm³/mol. The molecule has 0 saturated carbocycles. The van der Waals surface area contributed by atoms with Gasteiger partial charge in [-0.2, -0.15) is 0 Å². The van der Waals surface area contributed by atoms with Gasteiger partial charge >= 0.3 is 5.97 Å². The lowest BCUT2D eigenvalue weighted by molar-refractivity contribution is -0.140. The highest BCUT2D eigenvalue weighted by Crippen LogP contribution is 2.31. The molecule has 1 unspecified atom stereocenters. The average Bonchev–Trinajstić information content (AvgIpc) is 3.31. The first-order chi connectivity index (χ1) is 14.7. The highest BCUT2D eigenvalue weighted by atomic mass is 127. The molecule has 1 aromatic carbocycles. The summed E-state index contributed by atoms with van der Waals surface area (Å²) in [5, 5.41) is 6.91. The number of rotatable bonds is 12. The van der Waals surface area contributed by atoms with E-state index in [0.29, 0.717) is 6.42 Å². The maximum absolute atomic E-state index is 11.1. The van der Waals surface area contributed by atoms with Crippen molar-refractivity contribution in [2.24, 2.45) is 4.99 Å². The van der Waals surface area contributed by atoms with Crippen molar-refractivity contribution < 1.29 is 14.3 Å². The molecule has 0 amide bonds. The number of guanidine groups is 1. The van der Waals surface area contributed by atoms with Crippen LogP contribution < -0.4 is 15.4 Å². The summed E-state index contributed by atoms with van der Waals surface area (Å²) in [4.78, 5) is 18.0. The fourth-order valence-electron chi connectivity index (χ4n) is 3.90. The molecule has 1 aliphatic heterocycles. The summed E-state index contributed by atoms with van der Waals surface area (Å²) < 4.78 is 10.3. The van der Waals surface area contributed by atoms with Crippen LogP contribution in [0.2, 0.25) is 0 Å². The SMILES string of the molecule is CN=C(NCCCCCCC(=O)OC)NCC(c1ccccc1OC)N1CCCC1.I. The van der Waals surface area contributed by atoms with Crippen molar-refractivity contribution in [3.8, 4) is 5.75 Å². The van der Waals surface area contributed by atoms with Crippen LogP contribution in [-0.4, -0.2) is 64.3 Å². The first-order valence-electron chi connectivity index (χ1n) is 11.1. The molecular weight excluding hydrogens is 507 g/mol. The number of unbranched alkanes of at least 4 members (excludes halogenated alkanes) is 3. The number of esters is 1. The summed E-state index contributed by atoms with van der Waals surface area (Å²) in [5.74, 6) is 1.63. The van der Waals surface area contributed by atoms with Gasteiger partial charge in [-0.3, -0.25) is 14.7 Å². The van der Waals surface area contributed by atoms with E-state index in [4.69, 9.17) is 4.74 Å². The first kappa shape index (κ1) is 27.5. The Balaban J connectivity index is 0.00000480. The molecule has 0 aliphatic carbocycles. The Morgan fingerprint density at radius 2 is 1.81 bits per heavy atom. The van der Waals surface area contributed by atoms with E-state index in [0.717, 1.165) is 63.6 Å². The highest BCUT2D eigenvalue weighted by molar-refractivity contribution is 14.0. The molecule has 0 bridgehead atoms. The average molecular weight is 546 g/mol. The molecule has 176 valence electrons. The van der Waals surface area contributed by atoms with Crippen molar-refractivity contribution in [1.82, 2.24) is 15.5 Å². The fourth-order valence-corrected chi connectivity index (χ4v) is 3.90. The number of para-hydroxylation sites is 1. The molecule has 0 aromatic heterocycles. The Labute approximate surface area is 204 Å². The number of hydrogen-bond acceptors (Lipinski definition) is 5. The van der Waals surface area contributed by atoms with Gasteiger partial charge in [0.25, 0.3) is 0 Å². The maximum Gasteiger partial charge on any atom is 0.305 e. The largest absolute Gasteiger partial charge is 0.496 e. The Morgan fingerprint density at radius 1 is 1.10 bits per heavy atom. The van der Waals surface area contributed by atoms with E-state index < -0.39 is 0 Å². The zero-order valence-electron chi connectivity index (χ0n) is 19.2. The molecule has 7 nitrogen and oxygen atoms in total. The third-order valence-electron chi connectivity index (χ3n) is 5.59. The van der Waals surface area contributed by atoms with Gasteiger partial charge in [0.05, 0.1) is 20.3 Å². The number of ether oxygens (including phenoxy) is 2. The van der Waals surface area contributed by atoms with Crippen LogP contribution in [0, 0.1) is 0 Å². The minimum atomic E-state index is -0.125. The lowest BCUT2D eigenvalue weighted by atomic mass is 10.0. The second kappa shape index (κ2) is 16.1. The molecule has 1 heterocycles. The minimum Gasteiger partial charge on any atom is -0.496 e. The van der Waals surface area contributed by atoms with Crippen LogP contribution in [-0.2, 0) is 9.53 Å². The Kier molecular flexibility index (Phi) is 14.3. The second-order valence-electron chi connectivity index (χ2n) is 7.62. The lowest BCUT2D eigenvalue weighted by Crippen LogP contribution is -2.43. The van der Waals surface area contributed by atoms with Crippen molar-refractivity contribution in [3.63, 3.8) is 0 Å². The normalized spacial score (nSPS) is 15.1. The van der Waals surface area contributed by atoms with Gasteiger partial charge in [-0.05, 0) is 44.8 Å². The number of benzene rings is 1. The van der Waals surface area contributed by atoms with E-state index in [9.17, 15) is 4.79 Å². The van der Waals surface area contributed by atoms with Gasteiger partial charge in [0, 0.05) is 32.1 Å². The van der Waals surface area contributed by atoms with Crippen molar-refractivity contribution in [2.75, 3.05) is 47.4 Å². The van der Waals surface area contributed by atoms with Gasteiger partial charge in [0.15, 0.2) is 5.96 Å². The number of carbonyl (C=O) groups excluding carboxylic acids is 1. The summed E-state index contributed by atoms with van der Waals surface area (Å²) >= 11 is 0. The standard InChI is InChI=1S/C23H38N4O3.HI/c1-24-23(25-15-9-5-4-6-14-22(28)30-3)26-18-20(27-16-10-11-17-27)19-12-7-8-13-21(19)29-2;/h7-8,12-13,20H,4-6,9-11,14-18H2,1-3H3,(H2,24,25,26);1H. The molecule has 1 aromatic rings. The summed E-state index contributed by atoms with van der Waals surface area (Å²) in [6.45, 7) is 3.87. The summed E-state index contributed by atoms with van der Waals surface area (Å²) in [7, 11) is 4.98. The van der Waals surface area contributed by atoms with Crippen LogP contribution in [0.5, 0.6) is 5.75 Å². The van der Waals surface area contributed by atoms with E-state index in [-0.39, 0.29) is 36.0 Å². The minimum absolute atomic E-state index is 0. The molecule has 0 spiro atoms. The van der Waals surface area contributed by atoms with Crippen LogP contribution in [0.4, 0.5) is 0 Å². The van der Waals surface area contributed by atoms with Crippen molar-refractivity contribution in [1.29, 1.82) is 0 Å². The number of aliphatic imine (C=N–C) groups is 1. The van der Waals surface area contributed by atoms with Gasteiger partial charge in [-0.1, -0.05) is 31.0 Å². The number of carbonyl (C=O) groups is 1. The van der Waals surface area contributed by atoms with E-state index in [1.807, 2.05) is 12.1 Å². The van der Waals surface area contributed by atoms with Crippen molar-refractivity contribution in [2.45, 2.75) is 51.0 Å². The third-order valence-corrected chi connectivity index (χ3v) is 5.59. The van der Waals surface area contributed by atoms with E-state index in [1.165, 1.54) is 25.5 Å². The number of methoxy groups -OCH3 is 2. The lowest BCUT2D eigenvalue weighted by Gasteiger charge is -2.30. The monoisotopic (exact) mass is 546 g/mol. The van der Waals surface area contributed by atoms with E-state index in [1.54, 1.807) is 14.2 Å². The number of nitrogens with one attached hydrogen (secondary N) is 2. The van der Waals surface area contributed by atoms with Crippen LogP contribution in [0.1, 0.15) is 56.6 Å². The van der Waals surface area contributed by atoms with Gasteiger partial charge in [0.1, 0.15) is 5.75 Å². The molecule has 2 N–H and O–H groups in total. The number of nitrogens with zero attached hydrogens (tertiary/aromatic N) is 2. The van der Waals surface area contributed by atoms with Crippen LogP contribution in [0.15, 0.2) is 29.3 Å².